The first-order chi connectivity index (χ1) is 10.4. The van der Waals surface area contributed by atoms with Crippen LogP contribution in [0.4, 0.5) is 0 Å². The lowest BCUT2D eigenvalue weighted by Crippen LogP contribution is -1.85. The first-order valence-electron chi connectivity index (χ1n) is 7.66. The van der Waals surface area contributed by atoms with Crippen molar-refractivity contribution < 1.29 is 0 Å². The maximum atomic E-state index is 4.88. The number of hydrogen-bond donors (Lipinski definition) is 0. The molecule has 21 heavy (non-hydrogen) atoms. The van der Waals surface area contributed by atoms with E-state index in [-0.39, 0.29) is 0 Å². The maximum Gasteiger partial charge on any atom is 0.138 e. The third kappa shape index (κ3) is 1.90. The van der Waals surface area contributed by atoms with Gasteiger partial charge in [-0.1, -0.05) is 49.7 Å². The van der Waals surface area contributed by atoms with Gasteiger partial charge in [-0.25, -0.2) is 4.98 Å². The smallest absolute Gasteiger partial charge is 0.138 e. The van der Waals surface area contributed by atoms with E-state index in [1.165, 1.54) is 35.0 Å². The van der Waals surface area contributed by atoms with E-state index in [0.29, 0.717) is 0 Å². The van der Waals surface area contributed by atoms with E-state index in [1.54, 1.807) is 0 Å². The molecule has 2 nitrogen and oxygen atoms in total. The first-order valence-corrected chi connectivity index (χ1v) is 7.66. The van der Waals surface area contributed by atoms with Gasteiger partial charge >= 0.3 is 0 Å². The van der Waals surface area contributed by atoms with Crippen LogP contribution in [0.25, 0.3) is 27.9 Å². The fourth-order valence-electron chi connectivity index (χ4n) is 3.13. The van der Waals surface area contributed by atoms with Gasteiger partial charge in [0.1, 0.15) is 5.65 Å². The number of hydrogen-bond acceptors (Lipinski definition) is 1. The third-order valence-corrected chi connectivity index (χ3v) is 4.15. The van der Waals surface area contributed by atoms with Crippen LogP contribution in [0.5, 0.6) is 0 Å². The monoisotopic (exact) mass is 274 g/mol. The summed E-state index contributed by atoms with van der Waals surface area (Å²) in [5, 5.41) is 0. The molecular weight excluding hydrogens is 256 g/mol. The van der Waals surface area contributed by atoms with Crippen LogP contribution >= 0.6 is 0 Å². The fraction of sp³-hybridized carbons (Fsp3) is 0.211. The lowest BCUT2D eigenvalue weighted by molar-refractivity contribution is 0.799. The SMILES string of the molecule is CCCCc1cc2cccc3nc(-c4ccccc4)c1n23. The number of benzene rings is 1. The van der Waals surface area contributed by atoms with Crippen LogP contribution in [0.15, 0.2) is 54.6 Å². The van der Waals surface area contributed by atoms with Crippen molar-refractivity contribution in [3.05, 3.63) is 60.2 Å². The van der Waals surface area contributed by atoms with Crippen molar-refractivity contribution in [3.8, 4) is 11.3 Å². The highest BCUT2D eigenvalue weighted by Crippen LogP contribution is 2.32. The second-order valence-corrected chi connectivity index (χ2v) is 5.59. The van der Waals surface area contributed by atoms with Gasteiger partial charge in [0.25, 0.3) is 0 Å². The number of nitrogens with zero attached hydrogens (tertiary/aromatic N) is 2. The second-order valence-electron chi connectivity index (χ2n) is 5.59. The zero-order valence-electron chi connectivity index (χ0n) is 12.2. The predicted octanol–water partition coefficient (Wildman–Crippen LogP) is 4.93. The van der Waals surface area contributed by atoms with E-state index in [0.717, 1.165) is 17.8 Å². The molecule has 0 aliphatic rings. The van der Waals surface area contributed by atoms with Crippen molar-refractivity contribution in [3.63, 3.8) is 0 Å². The van der Waals surface area contributed by atoms with Gasteiger partial charge in [-0.15, -0.1) is 0 Å². The van der Waals surface area contributed by atoms with E-state index >= 15 is 0 Å². The van der Waals surface area contributed by atoms with Crippen molar-refractivity contribution in [2.24, 2.45) is 0 Å². The summed E-state index contributed by atoms with van der Waals surface area (Å²) in [5.74, 6) is 0. The lowest BCUT2D eigenvalue weighted by atomic mass is 10.1. The molecule has 0 saturated heterocycles. The zero-order chi connectivity index (χ0) is 14.2. The Labute approximate surface area is 124 Å². The molecule has 0 radical (unpaired) electrons. The molecule has 0 aliphatic carbocycles. The van der Waals surface area contributed by atoms with Crippen LogP contribution in [0, 0.1) is 0 Å². The molecule has 0 saturated carbocycles. The molecule has 0 spiro atoms. The van der Waals surface area contributed by atoms with E-state index < -0.39 is 0 Å². The molecule has 0 aliphatic heterocycles. The van der Waals surface area contributed by atoms with E-state index in [1.807, 2.05) is 0 Å². The molecule has 1 aromatic carbocycles. The molecule has 0 fully saturated rings. The van der Waals surface area contributed by atoms with E-state index in [2.05, 4.69) is 65.9 Å². The largest absolute Gasteiger partial charge is 0.293 e. The third-order valence-electron chi connectivity index (χ3n) is 4.15. The van der Waals surface area contributed by atoms with E-state index in [9.17, 15) is 0 Å². The van der Waals surface area contributed by atoms with Gasteiger partial charge in [-0.2, -0.15) is 0 Å². The number of unbranched alkanes of at least 4 members (excludes halogenated alkanes) is 1. The summed E-state index contributed by atoms with van der Waals surface area (Å²) in [4.78, 5) is 4.88. The highest BCUT2D eigenvalue weighted by atomic mass is 15.0. The maximum absolute atomic E-state index is 4.88. The van der Waals surface area contributed by atoms with Crippen LogP contribution in [-0.4, -0.2) is 9.38 Å². The van der Waals surface area contributed by atoms with Crippen molar-refractivity contribution in [2.75, 3.05) is 0 Å². The normalized spacial score (nSPS) is 11.7. The molecule has 0 unspecified atom stereocenters. The summed E-state index contributed by atoms with van der Waals surface area (Å²) in [6.07, 6.45) is 3.57. The number of imidazole rings is 1. The standard InChI is InChI=1S/C19H18N2/c1-2-3-8-15-13-16-11-7-12-17-20-18(19(15)21(16)17)14-9-5-4-6-10-14/h4-7,9-13H,2-3,8H2,1H3. The average molecular weight is 274 g/mol. The number of aryl methyl sites for hydroxylation is 1. The molecule has 104 valence electrons. The highest BCUT2D eigenvalue weighted by molar-refractivity contribution is 5.88. The van der Waals surface area contributed by atoms with Gasteiger partial charge in [0.15, 0.2) is 0 Å². The molecule has 2 heteroatoms. The van der Waals surface area contributed by atoms with Gasteiger partial charge in [0.2, 0.25) is 0 Å². The predicted molar refractivity (Wildman–Crippen MR) is 87.9 cm³/mol. The van der Waals surface area contributed by atoms with Crippen molar-refractivity contribution in [1.29, 1.82) is 0 Å². The minimum atomic E-state index is 1.05. The van der Waals surface area contributed by atoms with Crippen molar-refractivity contribution in [1.82, 2.24) is 9.38 Å². The van der Waals surface area contributed by atoms with Crippen LogP contribution in [0.3, 0.4) is 0 Å². The Morgan fingerprint density at radius 1 is 1.00 bits per heavy atom. The molecule has 4 aromatic rings. The Morgan fingerprint density at radius 2 is 1.86 bits per heavy atom. The van der Waals surface area contributed by atoms with Gasteiger partial charge in [0.05, 0.1) is 11.2 Å². The minimum absolute atomic E-state index is 1.05. The summed E-state index contributed by atoms with van der Waals surface area (Å²) in [6, 6.07) is 19.2. The Morgan fingerprint density at radius 3 is 2.67 bits per heavy atom. The van der Waals surface area contributed by atoms with Crippen LogP contribution in [0.1, 0.15) is 25.3 Å². The zero-order valence-corrected chi connectivity index (χ0v) is 12.2. The molecule has 3 aromatic heterocycles. The average Bonchev–Trinajstić information content (AvgIpc) is 3.10. The quantitative estimate of drug-likeness (QED) is 0.515. The number of aromatic nitrogens is 2. The van der Waals surface area contributed by atoms with E-state index in [4.69, 9.17) is 4.98 Å². The van der Waals surface area contributed by atoms with Gasteiger partial charge in [-0.3, -0.25) is 4.40 Å². The Kier molecular flexibility index (Phi) is 2.88. The van der Waals surface area contributed by atoms with Crippen molar-refractivity contribution >= 4 is 16.7 Å². The molecular formula is C19H18N2. The van der Waals surface area contributed by atoms with Crippen LogP contribution in [-0.2, 0) is 6.42 Å². The summed E-state index contributed by atoms with van der Waals surface area (Å²) in [7, 11) is 0. The minimum Gasteiger partial charge on any atom is -0.293 e. The topological polar surface area (TPSA) is 17.3 Å². The van der Waals surface area contributed by atoms with Gasteiger partial charge in [0, 0.05) is 11.1 Å². The molecule has 4 rings (SSSR count). The summed E-state index contributed by atoms with van der Waals surface area (Å²) >= 11 is 0. The first kappa shape index (κ1) is 12.4. The van der Waals surface area contributed by atoms with Crippen LogP contribution < -0.4 is 0 Å². The summed E-state index contributed by atoms with van der Waals surface area (Å²) in [6.45, 7) is 2.24. The summed E-state index contributed by atoms with van der Waals surface area (Å²) in [5.41, 5.74) is 7.33. The lowest BCUT2D eigenvalue weighted by Gasteiger charge is -2.00. The van der Waals surface area contributed by atoms with Gasteiger partial charge in [-0.05, 0) is 36.6 Å². The molecule has 0 atom stereocenters. The number of rotatable bonds is 4. The molecule has 3 heterocycles. The highest BCUT2D eigenvalue weighted by Gasteiger charge is 2.17. The van der Waals surface area contributed by atoms with Crippen molar-refractivity contribution in [2.45, 2.75) is 26.2 Å². The molecule has 0 bridgehead atoms. The summed E-state index contributed by atoms with van der Waals surface area (Å²) < 4.78 is 2.30. The fourth-order valence-corrected chi connectivity index (χ4v) is 3.13. The molecule has 0 amide bonds. The Hall–Kier alpha value is -2.35. The Bertz CT molecular complexity index is 874. The number of pyridine rings is 1. The Balaban J connectivity index is 2.02. The van der Waals surface area contributed by atoms with Gasteiger partial charge < -0.3 is 0 Å². The van der Waals surface area contributed by atoms with Crippen LogP contribution in [0.2, 0.25) is 0 Å². The molecule has 0 N–H and O–H groups in total. The second kappa shape index (κ2) is 4.88.